The van der Waals surface area contributed by atoms with E-state index in [1.807, 2.05) is 0 Å². The molecule has 0 amide bonds. The molecule has 0 heterocycles. The first-order valence-corrected chi connectivity index (χ1v) is 6.66. The summed E-state index contributed by atoms with van der Waals surface area (Å²) in [5, 5.41) is 0. The van der Waals surface area contributed by atoms with E-state index in [1.54, 1.807) is 6.07 Å². The number of halogens is 4. The number of hydrogen-bond acceptors (Lipinski definition) is 1. The second-order valence-electron chi connectivity index (χ2n) is 3.64. The summed E-state index contributed by atoms with van der Waals surface area (Å²) in [6.45, 7) is 0.217. The quantitative estimate of drug-likeness (QED) is 0.725. The van der Waals surface area contributed by atoms with Gasteiger partial charge in [0.05, 0.1) is 4.47 Å². The van der Waals surface area contributed by atoms with Crippen molar-refractivity contribution >= 4 is 31.9 Å². The van der Waals surface area contributed by atoms with Crippen LogP contribution in [-0.4, -0.2) is 0 Å². The largest absolute Gasteiger partial charge is 0.489 e. The summed E-state index contributed by atoms with van der Waals surface area (Å²) in [6.07, 6.45) is 0. The standard InChI is InChI=1S/C13H8Br2F2O/c14-9-3-8(4-10(16)5-9)7-18-11-1-2-13(17)12(15)6-11/h1-6H,7H2. The highest BCUT2D eigenvalue weighted by atomic mass is 79.9. The van der Waals surface area contributed by atoms with Crippen molar-refractivity contribution in [3.8, 4) is 5.75 Å². The molecule has 0 atom stereocenters. The fraction of sp³-hybridized carbons (Fsp3) is 0.0769. The zero-order valence-electron chi connectivity index (χ0n) is 9.09. The lowest BCUT2D eigenvalue weighted by Crippen LogP contribution is -1.96. The van der Waals surface area contributed by atoms with Gasteiger partial charge in [0.15, 0.2) is 0 Å². The average Bonchev–Trinajstić information content (AvgIpc) is 2.29. The van der Waals surface area contributed by atoms with Crippen LogP contribution in [0.2, 0.25) is 0 Å². The van der Waals surface area contributed by atoms with Crippen LogP contribution < -0.4 is 4.74 Å². The topological polar surface area (TPSA) is 9.23 Å². The Labute approximate surface area is 120 Å². The van der Waals surface area contributed by atoms with Gasteiger partial charge in [-0.25, -0.2) is 8.78 Å². The van der Waals surface area contributed by atoms with Gasteiger partial charge >= 0.3 is 0 Å². The van der Waals surface area contributed by atoms with Crippen LogP contribution in [-0.2, 0) is 6.61 Å². The van der Waals surface area contributed by atoms with Crippen LogP contribution in [0.5, 0.6) is 5.75 Å². The third-order valence-corrected chi connectivity index (χ3v) is 3.28. The maximum Gasteiger partial charge on any atom is 0.137 e. The molecule has 0 aliphatic heterocycles. The predicted molar refractivity (Wildman–Crippen MR) is 72.5 cm³/mol. The van der Waals surface area contributed by atoms with E-state index in [1.165, 1.54) is 30.3 Å². The van der Waals surface area contributed by atoms with Gasteiger partial charge in [-0.1, -0.05) is 15.9 Å². The molecule has 0 aliphatic carbocycles. The van der Waals surface area contributed by atoms with E-state index in [0.29, 0.717) is 20.3 Å². The molecule has 0 bridgehead atoms. The first-order valence-electron chi connectivity index (χ1n) is 5.07. The molecule has 18 heavy (non-hydrogen) atoms. The summed E-state index contributed by atoms with van der Waals surface area (Å²) >= 11 is 6.28. The third-order valence-electron chi connectivity index (χ3n) is 2.22. The zero-order chi connectivity index (χ0) is 13.1. The second kappa shape index (κ2) is 5.80. The van der Waals surface area contributed by atoms with Crippen molar-refractivity contribution in [2.24, 2.45) is 0 Å². The first kappa shape index (κ1) is 13.5. The van der Waals surface area contributed by atoms with Crippen molar-refractivity contribution in [3.63, 3.8) is 0 Å². The Hall–Kier alpha value is -0.940. The molecule has 0 radical (unpaired) electrons. The van der Waals surface area contributed by atoms with E-state index in [0.717, 1.165) is 0 Å². The number of rotatable bonds is 3. The van der Waals surface area contributed by atoms with Crippen molar-refractivity contribution in [2.45, 2.75) is 6.61 Å². The Morgan fingerprint density at radius 1 is 1.00 bits per heavy atom. The van der Waals surface area contributed by atoms with Gasteiger partial charge in [-0.2, -0.15) is 0 Å². The van der Waals surface area contributed by atoms with Crippen LogP contribution in [0.25, 0.3) is 0 Å². The van der Waals surface area contributed by atoms with Crippen LogP contribution in [0.15, 0.2) is 45.3 Å². The van der Waals surface area contributed by atoms with Crippen LogP contribution in [0.4, 0.5) is 8.78 Å². The second-order valence-corrected chi connectivity index (χ2v) is 5.41. The predicted octanol–water partition coefficient (Wildman–Crippen LogP) is 5.07. The minimum Gasteiger partial charge on any atom is -0.489 e. The minimum absolute atomic E-state index is 0.217. The highest BCUT2D eigenvalue weighted by molar-refractivity contribution is 9.10. The molecule has 0 saturated heterocycles. The molecule has 2 aromatic carbocycles. The highest BCUT2D eigenvalue weighted by Crippen LogP contribution is 2.23. The summed E-state index contributed by atoms with van der Waals surface area (Å²) in [5.74, 6) is -0.164. The molecular weight excluding hydrogens is 370 g/mol. The summed E-state index contributed by atoms with van der Waals surface area (Å²) in [7, 11) is 0. The number of hydrogen-bond donors (Lipinski definition) is 0. The van der Waals surface area contributed by atoms with E-state index in [-0.39, 0.29) is 18.2 Å². The lowest BCUT2D eigenvalue weighted by molar-refractivity contribution is 0.304. The molecule has 2 rings (SSSR count). The van der Waals surface area contributed by atoms with Crippen molar-refractivity contribution in [2.75, 3.05) is 0 Å². The van der Waals surface area contributed by atoms with E-state index in [4.69, 9.17) is 4.74 Å². The monoisotopic (exact) mass is 376 g/mol. The molecule has 0 N–H and O–H groups in total. The van der Waals surface area contributed by atoms with Crippen molar-refractivity contribution in [3.05, 3.63) is 62.5 Å². The molecule has 0 unspecified atom stereocenters. The third kappa shape index (κ3) is 3.53. The van der Waals surface area contributed by atoms with Crippen LogP contribution in [0.3, 0.4) is 0 Å². The van der Waals surface area contributed by atoms with Crippen molar-refractivity contribution in [1.82, 2.24) is 0 Å². The summed E-state index contributed by atoms with van der Waals surface area (Å²) in [4.78, 5) is 0. The normalized spacial score (nSPS) is 10.4. The molecule has 0 spiro atoms. The smallest absolute Gasteiger partial charge is 0.137 e. The van der Waals surface area contributed by atoms with Crippen LogP contribution >= 0.6 is 31.9 Å². The van der Waals surface area contributed by atoms with E-state index < -0.39 is 0 Å². The Kier molecular flexibility index (Phi) is 4.35. The maximum atomic E-state index is 13.1. The fourth-order valence-corrected chi connectivity index (χ4v) is 2.30. The lowest BCUT2D eigenvalue weighted by Gasteiger charge is -2.07. The van der Waals surface area contributed by atoms with Gasteiger partial charge in [-0.05, 0) is 57.9 Å². The Morgan fingerprint density at radius 3 is 2.44 bits per heavy atom. The van der Waals surface area contributed by atoms with Crippen molar-refractivity contribution in [1.29, 1.82) is 0 Å². The SMILES string of the molecule is Fc1cc(Br)cc(COc2ccc(F)c(Br)c2)c1. The maximum absolute atomic E-state index is 13.1. The molecule has 0 aromatic heterocycles. The fourth-order valence-electron chi connectivity index (χ4n) is 1.43. The molecular formula is C13H8Br2F2O. The van der Waals surface area contributed by atoms with Gasteiger partial charge in [-0.3, -0.25) is 0 Å². The Morgan fingerprint density at radius 2 is 1.78 bits per heavy atom. The molecule has 0 saturated carbocycles. The lowest BCUT2D eigenvalue weighted by atomic mass is 10.2. The summed E-state index contributed by atoms with van der Waals surface area (Å²) < 4.78 is 32.6. The number of benzene rings is 2. The van der Waals surface area contributed by atoms with E-state index in [2.05, 4.69) is 31.9 Å². The molecule has 0 fully saturated rings. The zero-order valence-corrected chi connectivity index (χ0v) is 12.3. The van der Waals surface area contributed by atoms with Gasteiger partial charge in [-0.15, -0.1) is 0 Å². The van der Waals surface area contributed by atoms with E-state index in [9.17, 15) is 8.78 Å². The molecule has 94 valence electrons. The van der Waals surface area contributed by atoms with E-state index >= 15 is 0 Å². The molecule has 2 aromatic rings. The van der Waals surface area contributed by atoms with Gasteiger partial charge in [0.25, 0.3) is 0 Å². The molecule has 1 nitrogen and oxygen atoms in total. The molecule has 0 aliphatic rings. The first-order chi connectivity index (χ1) is 8.54. The van der Waals surface area contributed by atoms with Crippen LogP contribution in [0, 0.1) is 11.6 Å². The summed E-state index contributed by atoms with van der Waals surface area (Å²) in [6, 6.07) is 8.89. The Balaban J connectivity index is 2.08. The molecule has 5 heteroatoms. The Bertz CT molecular complexity index is 553. The van der Waals surface area contributed by atoms with Crippen LogP contribution in [0.1, 0.15) is 5.56 Å². The summed E-state index contributed by atoms with van der Waals surface area (Å²) in [5.41, 5.74) is 0.697. The van der Waals surface area contributed by atoms with Gasteiger partial charge in [0.2, 0.25) is 0 Å². The van der Waals surface area contributed by atoms with Gasteiger partial charge in [0, 0.05) is 4.47 Å². The average molecular weight is 378 g/mol. The minimum atomic E-state index is -0.351. The van der Waals surface area contributed by atoms with Gasteiger partial charge in [0.1, 0.15) is 24.0 Å². The highest BCUT2D eigenvalue weighted by Gasteiger charge is 2.03. The van der Waals surface area contributed by atoms with Crippen molar-refractivity contribution < 1.29 is 13.5 Å². The van der Waals surface area contributed by atoms with Gasteiger partial charge < -0.3 is 4.74 Å². The number of ether oxygens (including phenoxy) is 1.